The highest BCUT2D eigenvalue weighted by Crippen LogP contribution is 2.22. The van der Waals surface area contributed by atoms with Gasteiger partial charge in [0.2, 0.25) is 5.91 Å². The van der Waals surface area contributed by atoms with Crippen LogP contribution >= 0.6 is 0 Å². The molecule has 1 aromatic heterocycles. The van der Waals surface area contributed by atoms with Crippen LogP contribution in [-0.4, -0.2) is 29.1 Å². The average molecular weight is 237 g/mol. The van der Waals surface area contributed by atoms with Gasteiger partial charge in [-0.2, -0.15) is 0 Å². The normalized spacial score (nSPS) is 26.5. The molecular formula is C12H19N3O2. The molecule has 0 bridgehead atoms. The summed E-state index contributed by atoms with van der Waals surface area (Å²) < 4.78 is 5.34. The molecule has 2 heterocycles. The highest BCUT2D eigenvalue weighted by Gasteiger charge is 2.29. The monoisotopic (exact) mass is 237 g/mol. The lowest BCUT2D eigenvalue weighted by molar-refractivity contribution is -0.131. The molecule has 3 unspecified atom stereocenters. The van der Waals surface area contributed by atoms with Crippen LogP contribution in [0.3, 0.4) is 0 Å². The molecule has 2 N–H and O–H groups in total. The molecular weight excluding hydrogens is 218 g/mol. The first-order chi connectivity index (χ1) is 8.18. The van der Waals surface area contributed by atoms with E-state index in [9.17, 15) is 4.79 Å². The molecule has 0 aliphatic carbocycles. The highest BCUT2D eigenvalue weighted by molar-refractivity contribution is 5.79. The van der Waals surface area contributed by atoms with E-state index in [2.05, 4.69) is 22.2 Å². The second kappa shape index (κ2) is 5.31. The summed E-state index contributed by atoms with van der Waals surface area (Å²) in [5.41, 5.74) is 0. The van der Waals surface area contributed by atoms with Gasteiger partial charge in [-0.15, -0.1) is 0 Å². The van der Waals surface area contributed by atoms with Crippen molar-refractivity contribution in [2.24, 2.45) is 11.8 Å². The number of hydrogen-bond donors (Lipinski definition) is 2. The van der Waals surface area contributed by atoms with Crippen LogP contribution in [0.1, 0.15) is 32.1 Å². The summed E-state index contributed by atoms with van der Waals surface area (Å²) in [6, 6.07) is -0.0763. The molecule has 0 spiro atoms. The zero-order valence-electron chi connectivity index (χ0n) is 10.3. The number of imidazole rings is 1. The number of H-pyrrole nitrogens is 1. The number of nitrogens with zero attached hydrogens (tertiary/aromatic N) is 1. The standard InChI is InChI=1S/C12H19N3O2/c1-8-7-17-6-3-10(8)12(16)15-9(2)11-13-4-5-14-11/h4-5,8-10H,3,6-7H2,1-2H3,(H,13,14)(H,15,16). The number of nitrogens with one attached hydrogen (secondary N) is 2. The van der Waals surface area contributed by atoms with Crippen LogP contribution in [0.2, 0.25) is 0 Å². The minimum Gasteiger partial charge on any atom is -0.381 e. The fourth-order valence-electron chi connectivity index (χ4n) is 2.17. The fourth-order valence-corrected chi connectivity index (χ4v) is 2.17. The van der Waals surface area contributed by atoms with Crippen LogP contribution in [0, 0.1) is 11.8 Å². The number of aromatic amines is 1. The number of ether oxygens (including phenoxy) is 1. The Labute approximate surface area is 101 Å². The van der Waals surface area contributed by atoms with E-state index in [1.165, 1.54) is 0 Å². The first kappa shape index (κ1) is 12.1. The molecule has 2 rings (SSSR count). The number of rotatable bonds is 3. The third-order valence-electron chi connectivity index (χ3n) is 3.27. The highest BCUT2D eigenvalue weighted by atomic mass is 16.5. The van der Waals surface area contributed by atoms with Crippen LogP contribution in [-0.2, 0) is 9.53 Å². The number of amides is 1. The second-order valence-corrected chi connectivity index (χ2v) is 4.65. The van der Waals surface area contributed by atoms with Crippen LogP contribution < -0.4 is 5.32 Å². The molecule has 0 radical (unpaired) electrons. The van der Waals surface area contributed by atoms with E-state index < -0.39 is 0 Å². The molecule has 5 nitrogen and oxygen atoms in total. The smallest absolute Gasteiger partial charge is 0.224 e. The third-order valence-corrected chi connectivity index (χ3v) is 3.27. The van der Waals surface area contributed by atoms with E-state index in [0.29, 0.717) is 13.2 Å². The van der Waals surface area contributed by atoms with Crippen molar-refractivity contribution in [2.45, 2.75) is 26.3 Å². The van der Waals surface area contributed by atoms with Crippen LogP contribution in [0.5, 0.6) is 0 Å². The molecule has 3 atom stereocenters. The van der Waals surface area contributed by atoms with E-state index in [4.69, 9.17) is 4.74 Å². The summed E-state index contributed by atoms with van der Waals surface area (Å²) in [6.07, 6.45) is 4.25. The van der Waals surface area contributed by atoms with Crippen LogP contribution in [0.15, 0.2) is 12.4 Å². The second-order valence-electron chi connectivity index (χ2n) is 4.65. The Balaban J connectivity index is 1.92. The molecule has 1 fully saturated rings. The quantitative estimate of drug-likeness (QED) is 0.831. The maximum absolute atomic E-state index is 12.1. The number of hydrogen-bond acceptors (Lipinski definition) is 3. The maximum atomic E-state index is 12.1. The van der Waals surface area contributed by atoms with Gasteiger partial charge in [0, 0.05) is 31.5 Å². The molecule has 0 aromatic carbocycles. The van der Waals surface area contributed by atoms with Crippen molar-refractivity contribution in [3.8, 4) is 0 Å². The van der Waals surface area contributed by atoms with Gasteiger partial charge in [0.15, 0.2) is 0 Å². The Morgan fingerprint density at radius 3 is 3.18 bits per heavy atom. The molecule has 0 saturated carbocycles. The van der Waals surface area contributed by atoms with E-state index in [1.807, 2.05) is 6.92 Å². The predicted octanol–water partition coefficient (Wildman–Crippen LogP) is 1.26. The Bertz CT molecular complexity index is 364. The lowest BCUT2D eigenvalue weighted by atomic mass is 9.89. The molecule has 1 amide bonds. The van der Waals surface area contributed by atoms with Gasteiger partial charge < -0.3 is 15.0 Å². The predicted molar refractivity (Wildman–Crippen MR) is 63.2 cm³/mol. The molecule has 1 aliphatic heterocycles. The summed E-state index contributed by atoms with van der Waals surface area (Å²) in [5.74, 6) is 1.23. The SMILES string of the molecule is CC(NC(=O)C1CCOCC1C)c1ncc[nH]1. The molecule has 94 valence electrons. The fraction of sp³-hybridized carbons (Fsp3) is 0.667. The third kappa shape index (κ3) is 2.85. The first-order valence-corrected chi connectivity index (χ1v) is 6.06. The summed E-state index contributed by atoms with van der Waals surface area (Å²) >= 11 is 0. The summed E-state index contributed by atoms with van der Waals surface area (Å²) in [7, 11) is 0. The molecule has 1 aromatic rings. The first-order valence-electron chi connectivity index (χ1n) is 6.06. The lowest BCUT2D eigenvalue weighted by Crippen LogP contribution is -2.40. The van der Waals surface area contributed by atoms with Gasteiger partial charge in [0.1, 0.15) is 5.82 Å². The number of carbonyl (C=O) groups is 1. The number of carbonyl (C=O) groups excluding carboxylic acids is 1. The van der Waals surface area contributed by atoms with Gasteiger partial charge >= 0.3 is 0 Å². The Morgan fingerprint density at radius 2 is 2.53 bits per heavy atom. The van der Waals surface area contributed by atoms with Crippen molar-refractivity contribution in [3.05, 3.63) is 18.2 Å². The van der Waals surface area contributed by atoms with Gasteiger partial charge in [-0.3, -0.25) is 4.79 Å². The molecule has 1 aliphatic rings. The van der Waals surface area contributed by atoms with Gasteiger partial charge in [0.05, 0.1) is 6.04 Å². The van der Waals surface area contributed by atoms with Crippen molar-refractivity contribution in [1.82, 2.24) is 15.3 Å². The van der Waals surface area contributed by atoms with Gasteiger partial charge in [-0.05, 0) is 19.3 Å². The number of aromatic nitrogens is 2. The molecule has 17 heavy (non-hydrogen) atoms. The van der Waals surface area contributed by atoms with E-state index >= 15 is 0 Å². The minimum atomic E-state index is -0.0763. The van der Waals surface area contributed by atoms with Crippen molar-refractivity contribution < 1.29 is 9.53 Å². The summed E-state index contributed by atoms with van der Waals surface area (Å²) in [6.45, 7) is 5.34. The van der Waals surface area contributed by atoms with E-state index in [-0.39, 0.29) is 23.8 Å². The van der Waals surface area contributed by atoms with Crippen molar-refractivity contribution in [3.63, 3.8) is 0 Å². The Kier molecular flexibility index (Phi) is 3.78. The minimum absolute atomic E-state index is 0.0566. The summed E-state index contributed by atoms with van der Waals surface area (Å²) in [5, 5.41) is 2.99. The topological polar surface area (TPSA) is 67.0 Å². The van der Waals surface area contributed by atoms with E-state index in [0.717, 1.165) is 12.2 Å². The Morgan fingerprint density at radius 1 is 1.71 bits per heavy atom. The molecule has 5 heteroatoms. The van der Waals surface area contributed by atoms with Gasteiger partial charge in [-0.1, -0.05) is 6.92 Å². The largest absolute Gasteiger partial charge is 0.381 e. The van der Waals surface area contributed by atoms with Crippen molar-refractivity contribution in [2.75, 3.05) is 13.2 Å². The Hall–Kier alpha value is -1.36. The van der Waals surface area contributed by atoms with Gasteiger partial charge in [0.25, 0.3) is 0 Å². The lowest BCUT2D eigenvalue weighted by Gasteiger charge is -2.28. The average Bonchev–Trinajstić information content (AvgIpc) is 2.82. The zero-order valence-corrected chi connectivity index (χ0v) is 10.3. The van der Waals surface area contributed by atoms with Crippen molar-refractivity contribution in [1.29, 1.82) is 0 Å². The zero-order chi connectivity index (χ0) is 12.3. The summed E-state index contributed by atoms with van der Waals surface area (Å²) in [4.78, 5) is 19.3. The maximum Gasteiger partial charge on any atom is 0.224 e. The van der Waals surface area contributed by atoms with Crippen LogP contribution in [0.25, 0.3) is 0 Å². The van der Waals surface area contributed by atoms with E-state index in [1.54, 1.807) is 12.4 Å². The van der Waals surface area contributed by atoms with Crippen molar-refractivity contribution >= 4 is 5.91 Å². The molecule has 1 saturated heterocycles. The van der Waals surface area contributed by atoms with Gasteiger partial charge in [-0.25, -0.2) is 4.98 Å². The van der Waals surface area contributed by atoms with Crippen LogP contribution in [0.4, 0.5) is 0 Å².